The number of para-hydroxylation sites is 2. The van der Waals surface area contributed by atoms with Crippen LogP contribution in [0.5, 0.6) is 11.5 Å². The van der Waals surface area contributed by atoms with Crippen LogP contribution in [-0.2, 0) is 0 Å². The first-order valence-electron chi connectivity index (χ1n) is 5.12. The van der Waals surface area contributed by atoms with Gasteiger partial charge in [0.05, 0.1) is 11.4 Å². The smallest absolute Gasteiger partial charge is 0.224 e. The van der Waals surface area contributed by atoms with Crippen LogP contribution in [0, 0.1) is 0 Å². The molecule has 0 saturated heterocycles. The van der Waals surface area contributed by atoms with E-state index in [1.165, 1.54) is 6.07 Å². The van der Waals surface area contributed by atoms with Crippen molar-refractivity contribution in [2.75, 3.05) is 5.32 Å². The summed E-state index contributed by atoms with van der Waals surface area (Å²) in [5, 5.41) is 3.18. The monoisotopic (exact) mass is 289 g/mol. The Bertz CT molecular complexity index is 655. The minimum absolute atomic E-state index is 0.154. The molecule has 17 heavy (non-hydrogen) atoms. The molecule has 0 aliphatic carbocycles. The van der Waals surface area contributed by atoms with E-state index in [0.717, 1.165) is 10.2 Å². The molecular formula is C13H8BrNO2. The summed E-state index contributed by atoms with van der Waals surface area (Å²) in [6.45, 7) is 0. The SMILES string of the molecule is O=c1cc(Br)ccc2c1Oc1ccccc1N2. The Kier molecular flexibility index (Phi) is 2.37. The molecule has 2 aromatic carbocycles. The van der Waals surface area contributed by atoms with Gasteiger partial charge in [-0.25, -0.2) is 0 Å². The fraction of sp³-hybridized carbons (Fsp3) is 0. The second-order valence-electron chi connectivity index (χ2n) is 3.69. The third-order valence-corrected chi connectivity index (χ3v) is 3.01. The highest BCUT2D eigenvalue weighted by Crippen LogP contribution is 2.39. The number of ether oxygens (including phenoxy) is 1. The number of hydrogen-bond donors (Lipinski definition) is 1. The van der Waals surface area contributed by atoms with E-state index < -0.39 is 0 Å². The van der Waals surface area contributed by atoms with E-state index in [0.29, 0.717) is 17.2 Å². The molecule has 0 saturated carbocycles. The molecule has 1 N–H and O–H groups in total. The van der Waals surface area contributed by atoms with Crippen molar-refractivity contribution in [3.05, 3.63) is 57.2 Å². The predicted octanol–water partition coefficient (Wildman–Crippen LogP) is 3.66. The Balaban J connectivity index is 2.22. The van der Waals surface area contributed by atoms with Gasteiger partial charge in [-0.3, -0.25) is 4.79 Å². The number of anilines is 2. The number of benzene rings is 1. The maximum absolute atomic E-state index is 11.9. The lowest BCUT2D eigenvalue weighted by Crippen LogP contribution is -2.08. The molecule has 4 heteroatoms. The van der Waals surface area contributed by atoms with Crippen molar-refractivity contribution in [1.29, 1.82) is 0 Å². The molecule has 1 heterocycles. The topological polar surface area (TPSA) is 38.3 Å². The molecule has 0 fully saturated rings. The van der Waals surface area contributed by atoms with Crippen LogP contribution in [0.3, 0.4) is 0 Å². The van der Waals surface area contributed by atoms with Crippen molar-refractivity contribution in [3.8, 4) is 11.5 Å². The van der Waals surface area contributed by atoms with Crippen LogP contribution in [-0.4, -0.2) is 0 Å². The van der Waals surface area contributed by atoms with Crippen LogP contribution in [0.1, 0.15) is 0 Å². The molecule has 0 radical (unpaired) electrons. The molecule has 0 unspecified atom stereocenters. The van der Waals surface area contributed by atoms with Gasteiger partial charge in [0.1, 0.15) is 0 Å². The Morgan fingerprint density at radius 1 is 1.06 bits per heavy atom. The Morgan fingerprint density at radius 3 is 2.76 bits per heavy atom. The number of fused-ring (bicyclic) bond motifs is 2. The first-order valence-corrected chi connectivity index (χ1v) is 5.91. The largest absolute Gasteiger partial charge is 0.449 e. The summed E-state index contributed by atoms with van der Waals surface area (Å²) in [4.78, 5) is 11.9. The van der Waals surface area contributed by atoms with E-state index in [2.05, 4.69) is 21.2 Å². The quantitative estimate of drug-likeness (QED) is 0.686. The molecule has 0 amide bonds. The van der Waals surface area contributed by atoms with Crippen molar-refractivity contribution in [2.24, 2.45) is 0 Å². The molecule has 0 spiro atoms. The lowest BCUT2D eigenvalue weighted by molar-refractivity contribution is 0.477. The molecule has 2 aromatic rings. The van der Waals surface area contributed by atoms with Gasteiger partial charge in [0.25, 0.3) is 0 Å². The van der Waals surface area contributed by atoms with E-state index >= 15 is 0 Å². The first-order chi connectivity index (χ1) is 8.24. The first kappa shape index (κ1) is 10.4. The standard InChI is InChI=1S/C13H8BrNO2/c14-8-5-6-10-13(11(16)7-8)17-12-4-2-1-3-9(12)15-10/h1-7,15H. The van der Waals surface area contributed by atoms with Gasteiger partial charge >= 0.3 is 0 Å². The van der Waals surface area contributed by atoms with Crippen LogP contribution in [0.2, 0.25) is 0 Å². The molecule has 1 aliphatic rings. The number of nitrogens with one attached hydrogen (secondary N) is 1. The van der Waals surface area contributed by atoms with E-state index in [1.54, 1.807) is 0 Å². The van der Waals surface area contributed by atoms with Gasteiger partial charge in [0.15, 0.2) is 11.5 Å². The zero-order chi connectivity index (χ0) is 11.8. The van der Waals surface area contributed by atoms with Gasteiger partial charge in [-0.05, 0) is 24.3 Å². The van der Waals surface area contributed by atoms with E-state index in [-0.39, 0.29) is 5.43 Å². The van der Waals surface area contributed by atoms with Crippen LogP contribution >= 0.6 is 15.9 Å². The lowest BCUT2D eigenvalue weighted by Gasteiger charge is -2.19. The molecule has 1 aliphatic heterocycles. The summed E-state index contributed by atoms with van der Waals surface area (Å²) >= 11 is 3.29. The van der Waals surface area contributed by atoms with Crippen molar-refractivity contribution < 1.29 is 4.74 Å². The van der Waals surface area contributed by atoms with Gasteiger partial charge in [-0.1, -0.05) is 28.1 Å². The van der Waals surface area contributed by atoms with Gasteiger partial charge in [0, 0.05) is 10.5 Å². The second-order valence-corrected chi connectivity index (χ2v) is 4.61. The maximum Gasteiger partial charge on any atom is 0.224 e. The van der Waals surface area contributed by atoms with Gasteiger partial charge in [0.2, 0.25) is 5.43 Å². The van der Waals surface area contributed by atoms with Crippen LogP contribution in [0.4, 0.5) is 11.4 Å². The highest BCUT2D eigenvalue weighted by atomic mass is 79.9. The zero-order valence-electron chi connectivity index (χ0n) is 8.74. The summed E-state index contributed by atoms with van der Waals surface area (Å²) in [6, 6.07) is 12.6. The van der Waals surface area contributed by atoms with Crippen LogP contribution in [0.25, 0.3) is 0 Å². The van der Waals surface area contributed by atoms with Crippen molar-refractivity contribution in [1.82, 2.24) is 0 Å². The summed E-state index contributed by atoms with van der Waals surface area (Å²) in [5.41, 5.74) is 1.39. The fourth-order valence-electron chi connectivity index (χ4n) is 1.73. The van der Waals surface area contributed by atoms with E-state index in [9.17, 15) is 4.79 Å². The third-order valence-electron chi connectivity index (χ3n) is 2.52. The summed E-state index contributed by atoms with van der Waals surface area (Å²) in [7, 11) is 0. The molecule has 0 atom stereocenters. The lowest BCUT2D eigenvalue weighted by atomic mass is 10.2. The number of halogens is 1. The highest BCUT2D eigenvalue weighted by molar-refractivity contribution is 9.10. The Morgan fingerprint density at radius 2 is 1.88 bits per heavy atom. The summed E-state index contributed by atoms with van der Waals surface area (Å²) < 4.78 is 6.36. The van der Waals surface area contributed by atoms with Gasteiger partial charge in [-0.15, -0.1) is 0 Å². The predicted molar refractivity (Wildman–Crippen MR) is 70.2 cm³/mol. The summed E-state index contributed by atoms with van der Waals surface area (Å²) in [6.07, 6.45) is 0. The third kappa shape index (κ3) is 1.80. The minimum atomic E-state index is -0.154. The molecule has 0 aromatic heterocycles. The van der Waals surface area contributed by atoms with Crippen molar-refractivity contribution in [2.45, 2.75) is 0 Å². The van der Waals surface area contributed by atoms with Crippen molar-refractivity contribution in [3.63, 3.8) is 0 Å². The normalized spacial score (nSPS) is 11.8. The zero-order valence-corrected chi connectivity index (χ0v) is 10.3. The average Bonchev–Trinajstić information content (AvgIpc) is 2.47. The molecule has 3 rings (SSSR count). The Labute approximate surface area is 106 Å². The number of rotatable bonds is 0. The minimum Gasteiger partial charge on any atom is -0.449 e. The second kappa shape index (κ2) is 3.89. The fourth-order valence-corrected chi connectivity index (χ4v) is 2.07. The molecule has 0 bridgehead atoms. The summed E-state index contributed by atoms with van der Waals surface area (Å²) in [5.74, 6) is 0.994. The van der Waals surface area contributed by atoms with Gasteiger partial charge in [-0.2, -0.15) is 0 Å². The van der Waals surface area contributed by atoms with E-state index in [4.69, 9.17) is 4.74 Å². The molecular weight excluding hydrogens is 282 g/mol. The number of hydrogen-bond acceptors (Lipinski definition) is 3. The van der Waals surface area contributed by atoms with Crippen LogP contribution < -0.4 is 15.5 Å². The van der Waals surface area contributed by atoms with E-state index in [1.807, 2.05) is 36.4 Å². The maximum atomic E-state index is 11.9. The highest BCUT2D eigenvalue weighted by Gasteiger charge is 2.17. The average molecular weight is 290 g/mol. The van der Waals surface area contributed by atoms with Gasteiger partial charge < -0.3 is 10.1 Å². The van der Waals surface area contributed by atoms with Crippen molar-refractivity contribution >= 4 is 27.3 Å². The molecule has 3 nitrogen and oxygen atoms in total. The Hall–Kier alpha value is -1.81. The van der Waals surface area contributed by atoms with Crippen LogP contribution in [0.15, 0.2) is 51.7 Å². The molecule has 84 valence electrons.